The largest absolute Gasteiger partial charge is 0.467 e. The topological polar surface area (TPSA) is 132 Å². The van der Waals surface area contributed by atoms with Gasteiger partial charge in [0.1, 0.15) is 16.3 Å². The predicted octanol–water partition coefficient (Wildman–Crippen LogP) is 4.15. The fourth-order valence-corrected chi connectivity index (χ4v) is 5.06. The van der Waals surface area contributed by atoms with Gasteiger partial charge in [-0.05, 0) is 52.8 Å². The summed E-state index contributed by atoms with van der Waals surface area (Å²) in [7, 11) is 0. The van der Waals surface area contributed by atoms with Crippen molar-refractivity contribution in [1.82, 2.24) is 15.3 Å². The number of thioether (sulfide) groups is 1. The van der Waals surface area contributed by atoms with Gasteiger partial charge in [0.15, 0.2) is 11.8 Å². The Morgan fingerprint density at radius 1 is 1.16 bits per heavy atom. The van der Waals surface area contributed by atoms with Crippen LogP contribution in [0.1, 0.15) is 57.1 Å². The summed E-state index contributed by atoms with van der Waals surface area (Å²) in [5.74, 6) is -2.03. The molecule has 0 bridgehead atoms. The minimum atomic E-state index is -4.55. The van der Waals surface area contributed by atoms with Crippen LogP contribution >= 0.6 is 11.8 Å². The second-order valence-corrected chi connectivity index (χ2v) is 11.8. The summed E-state index contributed by atoms with van der Waals surface area (Å²) in [6, 6.07) is 3.86. The number of anilines is 1. The first-order valence-corrected chi connectivity index (χ1v) is 12.2. The Bertz CT molecular complexity index is 1250. The number of amides is 2. The van der Waals surface area contributed by atoms with Crippen LogP contribution in [0, 0.1) is 5.82 Å². The molecule has 2 amide bonds. The number of alkyl halides is 3. The van der Waals surface area contributed by atoms with E-state index in [0.717, 1.165) is 30.2 Å². The highest BCUT2D eigenvalue weighted by molar-refractivity contribution is 8.15. The lowest BCUT2D eigenvalue weighted by Gasteiger charge is -2.41. The van der Waals surface area contributed by atoms with Gasteiger partial charge in [-0.25, -0.2) is 14.4 Å². The molecule has 0 spiro atoms. The fourth-order valence-electron chi connectivity index (χ4n) is 3.86. The highest BCUT2D eigenvalue weighted by Gasteiger charge is 2.48. The third-order valence-electron chi connectivity index (χ3n) is 5.39. The summed E-state index contributed by atoms with van der Waals surface area (Å²) in [6.45, 7) is 7.35. The molecule has 1 aromatic carbocycles. The number of nitrogens with two attached hydrogens (primary N) is 1. The number of nitrogens with one attached hydrogen (secondary N) is 2. The summed E-state index contributed by atoms with van der Waals surface area (Å²) in [5.41, 5.74) is 4.44. The number of rotatable bonds is 6. The number of hydrogen-bond acceptors (Lipinski definition) is 8. The van der Waals surface area contributed by atoms with Crippen molar-refractivity contribution in [3.8, 4) is 5.88 Å². The summed E-state index contributed by atoms with van der Waals surface area (Å²) < 4.78 is 55.3. The lowest BCUT2D eigenvalue weighted by Crippen LogP contribution is -2.54. The molecule has 0 saturated heterocycles. The molecule has 4 N–H and O–H groups in total. The average molecular weight is 557 g/mol. The Kier molecular flexibility index (Phi) is 7.97. The van der Waals surface area contributed by atoms with E-state index in [1.807, 2.05) is 20.8 Å². The molecule has 1 aliphatic heterocycles. The van der Waals surface area contributed by atoms with Crippen LogP contribution in [0.25, 0.3) is 0 Å². The van der Waals surface area contributed by atoms with Crippen LogP contribution in [0.15, 0.2) is 35.6 Å². The molecular formula is C24H28F4N6O3S. The number of aliphatic imine (C=N–C) groups is 1. The first kappa shape index (κ1) is 29.1. The van der Waals surface area contributed by atoms with Crippen molar-refractivity contribution in [3.05, 3.63) is 47.7 Å². The lowest BCUT2D eigenvalue weighted by atomic mass is 9.82. The first-order valence-electron chi connectivity index (χ1n) is 11.4. The van der Waals surface area contributed by atoms with E-state index >= 15 is 4.39 Å². The van der Waals surface area contributed by atoms with E-state index in [2.05, 4.69) is 30.3 Å². The zero-order valence-electron chi connectivity index (χ0n) is 21.4. The molecule has 3 rings (SSSR count). The predicted molar refractivity (Wildman–Crippen MR) is 135 cm³/mol. The smallest absolute Gasteiger partial charge is 0.422 e. The van der Waals surface area contributed by atoms with Gasteiger partial charge in [0.2, 0.25) is 11.8 Å². The zero-order valence-corrected chi connectivity index (χ0v) is 22.2. The Balaban J connectivity index is 1.82. The van der Waals surface area contributed by atoms with E-state index in [4.69, 9.17) is 5.73 Å². The maximum atomic E-state index is 15.1. The molecule has 0 fully saturated rings. The van der Waals surface area contributed by atoms with Gasteiger partial charge in [-0.15, -0.1) is 0 Å². The van der Waals surface area contributed by atoms with Gasteiger partial charge in [-0.2, -0.15) is 13.2 Å². The van der Waals surface area contributed by atoms with Gasteiger partial charge in [-0.3, -0.25) is 14.6 Å². The Labute approximate surface area is 221 Å². The molecule has 2 atom stereocenters. The van der Waals surface area contributed by atoms with E-state index in [1.54, 1.807) is 13.8 Å². The molecule has 9 nitrogen and oxygen atoms in total. The molecule has 0 unspecified atom stereocenters. The number of carbonyl (C=O) groups is 2. The molecule has 1 aromatic heterocycles. The SMILES string of the molecule is CC(C)(C)NC(=O)[C@@]1(C)C[C@@](C)(c2cc(NC(=O)c3cnc(OCC(F)(F)F)cn3)ccc2F)N=C(N)S1. The maximum absolute atomic E-state index is 15.1. The molecule has 2 heterocycles. The third kappa shape index (κ3) is 7.33. The molecule has 2 aromatic rings. The van der Waals surface area contributed by atoms with Crippen molar-refractivity contribution < 1.29 is 31.9 Å². The first-order chi connectivity index (χ1) is 17.4. The molecule has 0 aliphatic carbocycles. The van der Waals surface area contributed by atoms with Crippen molar-refractivity contribution in [3.63, 3.8) is 0 Å². The number of aromatic nitrogens is 2. The highest BCUT2D eigenvalue weighted by Crippen LogP contribution is 2.46. The van der Waals surface area contributed by atoms with Crippen molar-refractivity contribution in [2.45, 2.75) is 63.0 Å². The summed E-state index contributed by atoms with van der Waals surface area (Å²) in [5, 5.41) is 5.59. The quantitative estimate of drug-likeness (QED) is 0.456. The van der Waals surface area contributed by atoms with Crippen LogP contribution in [0.5, 0.6) is 5.88 Å². The Hall–Kier alpha value is -3.42. The minimum absolute atomic E-state index is 0.107. The van der Waals surface area contributed by atoms with E-state index < -0.39 is 46.2 Å². The van der Waals surface area contributed by atoms with Crippen LogP contribution in [0.2, 0.25) is 0 Å². The molecule has 0 saturated carbocycles. The van der Waals surface area contributed by atoms with Crippen LogP contribution in [-0.2, 0) is 10.3 Å². The number of halogens is 4. The van der Waals surface area contributed by atoms with Gasteiger partial charge in [0.25, 0.3) is 5.91 Å². The summed E-state index contributed by atoms with van der Waals surface area (Å²) >= 11 is 1.09. The Morgan fingerprint density at radius 2 is 1.84 bits per heavy atom. The number of nitrogens with zero attached hydrogens (tertiary/aromatic N) is 3. The lowest BCUT2D eigenvalue weighted by molar-refractivity contribution is -0.154. The molecular weight excluding hydrogens is 528 g/mol. The van der Waals surface area contributed by atoms with Gasteiger partial charge in [0, 0.05) is 23.2 Å². The molecule has 0 radical (unpaired) electrons. The maximum Gasteiger partial charge on any atom is 0.422 e. The molecule has 38 heavy (non-hydrogen) atoms. The monoisotopic (exact) mass is 556 g/mol. The van der Waals surface area contributed by atoms with Crippen molar-refractivity contribution in [2.75, 3.05) is 11.9 Å². The van der Waals surface area contributed by atoms with Gasteiger partial charge in [-0.1, -0.05) is 11.8 Å². The van der Waals surface area contributed by atoms with Gasteiger partial charge < -0.3 is 21.1 Å². The number of carbonyl (C=O) groups excluding carboxylic acids is 2. The van der Waals surface area contributed by atoms with Crippen LogP contribution in [-0.4, -0.2) is 50.0 Å². The third-order valence-corrected chi connectivity index (χ3v) is 6.47. The van der Waals surface area contributed by atoms with Crippen molar-refractivity contribution in [2.24, 2.45) is 10.7 Å². The van der Waals surface area contributed by atoms with E-state index in [1.165, 1.54) is 12.1 Å². The summed E-state index contributed by atoms with van der Waals surface area (Å²) in [4.78, 5) is 37.6. The minimum Gasteiger partial charge on any atom is -0.467 e. The standard InChI is InChI=1S/C24H28F4N6O3S/c1-21(2,3)33-19(36)23(5)11-22(4,34-20(29)38-23)14-8-13(6-7-15(14)25)32-18(35)16-9-31-17(10-30-16)37-12-24(26,27)28/h6-10H,11-12H2,1-5H3,(H2,29,34)(H,32,35)(H,33,36)/t22-,23+/m0/s1. The van der Waals surface area contributed by atoms with Crippen molar-refractivity contribution in [1.29, 1.82) is 0 Å². The normalized spacial score (nSPS) is 21.9. The summed E-state index contributed by atoms with van der Waals surface area (Å²) in [6.07, 6.45) is -2.59. The van der Waals surface area contributed by atoms with E-state index in [0.29, 0.717) is 0 Å². The fraction of sp³-hybridized carbons (Fsp3) is 0.458. The van der Waals surface area contributed by atoms with Gasteiger partial charge >= 0.3 is 6.18 Å². The molecule has 14 heteroatoms. The van der Waals surface area contributed by atoms with Crippen LogP contribution in [0.4, 0.5) is 23.2 Å². The van der Waals surface area contributed by atoms with Crippen LogP contribution in [0.3, 0.4) is 0 Å². The number of hydrogen-bond donors (Lipinski definition) is 3. The molecule has 206 valence electrons. The number of benzene rings is 1. The van der Waals surface area contributed by atoms with E-state index in [9.17, 15) is 22.8 Å². The van der Waals surface area contributed by atoms with Crippen LogP contribution < -0.4 is 21.1 Å². The van der Waals surface area contributed by atoms with Crippen molar-refractivity contribution >= 4 is 34.4 Å². The highest BCUT2D eigenvalue weighted by atomic mass is 32.2. The number of amidine groups is 1. The number of ether oxygens (including phenoxy) is 1. The average Bonchev–Trinajstić information content (AvgIpc) is 2.76. The second-order valence-electron chi connectivity index (χ2n) is 10.2. The van der Waals surface area contributed by atoms with E-state index in [-0.39, 0.29) is 34.4 Å². The zero-order chi connectivity index (χ0) is 28.5. The van der Waals surface area contributed by atoms with Gasteiger partial charge in [0.05, 0.1) is 17.9 Å². The Morgan fingerprint density at radius 3 is 2.42 bits per heavy atom. The molecule has 1 aliphatic rings. The second kappa shape index (κ2) is 10.4.